The standard InChI is InChI=1S/C35H40N4O10S3/c1-21-14-15-35(34(4,46)32(44)51-52(35)47)17-28(41)37-23(3)31-39-25(20-50-31)12-8-9-13-26(40)27(16-21)49-29(42)18-36-30(43)22(2)38-33(45)48-19-24-10-6-5-7-11-24/h5-13,16,20,22-23,27,46H,14-15,17-19H2,1-4H3,(H,36,43)(H,37,41)(H,38,45)/b12-8-,13-9+,21-16+/t22-,23+,27+,34-,35+,52?/m0/s1. The van der Waals surface area contributed by atoms with E-state index in [1.54, 1.807) is 55.6 Å². The third-order valence-electron chi connectivity index (χ3n) is 8.37. The van der Waals surface area contributed by atoms with Gasteiger partial charge in [0, 0.05) is 22.6 Å². The molecule has 52 heavy (non-hydrogen) atoms. The van der Waals surface area contributed by atoms with Crippen molar-refractivity contribution in [2.75, 3.05) is 6.54 Å². The first-order chi connectivity index (χ1) is 24.6. The zero-order chi connectivity index (χ0) is 38.1. The Morgan fingerprint density at radius 1 is 1.15 bits per heavy atom. The Bertz CT molecular complexity index is 1810. The summed E-state index contributed by atoms with van der Waals surface area (Å²) in [6.07, 6.45) is 4.51. The molecule has 1 fully saturated rings. The maximum absolute atomic E-state index is 13.4. The molecule has 0 aliphatic carbocycles. The van der Waals surface area contributed by atoms with Crippen LogP contribution < -0.4 is 16.0 Å². The molecule has 17 heteroatoms. The number of hydrogen-bond donors (Lipinski definition) is 4. The predicted octanol–water partition coefficient (Wildman–Crippen LogP) is 3.36. The minimum Gasteiger partial charge on any atom is -0.448 e. The lowest BCUT2D eigenvalue weighted by Crippen LogP contribution is -2.55. The number of aliphatic hydroxyl groups is 1. The first-order valence-electron chi connectivity index (χ1n) is 16.2. The van der Waals surface area contributed by atoms with Gasteiger partial charge in [-0.05, 0) is 64.3 Å². The number of carbonyl (C=O) groups excluding carboxylic acids is 6. The molecule has 1 aromatic carbocycles. The topological polar surface area (TPSA) is 207 Å². The highest BCUT2D eigenvalue weighted by Gasteiger charge is 2.63. The highest BCUT2D eigenvalue weighted by molar-refractivity contribution is 8.76. The molecule has 6 atom stereocenters. The number of ketones is 1. The van der Waals surface area contributed by atoms with E-state index in [0.29, 0.717) is 27.1 Å². The van der Waals surface area contributed by atoms with Crippen LogP contribution in [0.1, 0.15) is 69.3 Å². The maximum Gasteiger partial charge on any atom is 0.408 e. The largest absolute Gasteiger partial charge is 0.448 e. The van der Waals surface area contributed by atoms with Crippen LogP contribution in [0.4, 0.5) is 4.79 Å². The van der Waals surface area contributed by atoms with E-state index < -0.39 is 86.1 Å². The van der Waals surface area contributed by atoms with Gasteiger partial charge in [-0.3, -0.25) is 24.0 Å². The summed E-state index contributed by atoms with van der Waals surface area (Å²) in [6.45, 7) is 5.36. The van der Waals surface area contributed by atoms with Crippen LogP contribution in [0.25, 0.3) is 6.08 Å². The number of carbonyl (C=O) groups is 6. The SMILES string of the molecule is C/C1=C\[C@@H](OC(=O)CNC(=O)[C@H](C)NC(=O)OCc2ccccc2)C(=O)/C=C/C=C\c2csc(n2)[C@@H](C)NC(=O)C[C@@]2(CC1)S(=O)SC(=O)[C@]2(C)O. The maximum atomic E-state index is 13.4. The molecule has 2 aliphatic heterocycles. The van der Waals surface area contributed by atoms with Crippen molar-refractivity contribution < 1.29 is 47.6 Å². The quantitative estimate of drug-likeness (QED) is 0.182. The second-order valence-electron chi connectivity index (χ2n) is 12.4. The minimum absolute atomic E-state index is 0.00438. The van der Waals surface area contributed by atoms with Crippen LogP contribution in [-0.2, 0) is 49.9 Å². The number of rotatable bonds is 7. The van der Waals surface area contributed by atoms with Crippen LogP contribution in [0.3, 0.4) is 0 Å². The molecule has 3 amide bonds. The number of nitrogens with zero attached hydrogens (tertiary/aromatic N) is 1. The molecule has 2 aliphatic rings. The van der Waals surface area contributed by atoms with Crippen LogP contribution >= 0.6 is 22.1 Å². The Kier molecular flexibility index (Phi) is 13.8. The molecule has 1 spiro atoms. The van der Waals surface area contributed by atoms with Crippen molar-refractivity contribution in [2.24, 2.45) is 0 Å². The third kappa shape index (κ3) is 10.3. The number of nitrogens with one attached hydrogen (secondary N) is 3. The van der Waals surface area contributed by atoms with Gasteiger partial charge >= 0.3 is 12.1 Å². The summed E-state index contributed by atoms with van der Waals surface area (Å²) in [7, 11) is -1.52. The van der Waals surface area contributed by atoms with E-state index in [-0.39, 0.29) is 19.4 Å². The average Bonchev–Trinajstić information content (AvgIpc) is 3.64. The molecular formula is C35H40N4O10S3. The second kappa shape index (κ2) is 17.9. The molecule has 3 heterocycles. The Balaban J connectivity index is 1.48. The number of hydrogen-bond acceptors (Lipinski definition) is 13. The molecule has 278 valence electrons. The van der Waals surface area contributed by atoms with E-state index in [1.807, 2.05) is 6.07 Å². The van der Waals surface area contributed by atoms with Crippen LogP contribution in [0.15, 0.2) is 65.6 Å². The minimum atomic E-state index is -2.11. The molecule has 4 N–H and O–H groups in total. The summed E-state index contributed by atoms with van der Waals surface area (Å²) in [5.74, 6) is -2.82. The number of fused-ring (bicyclic) bond motifs is 2. The number of thiazole rings is 1. The Hall–Kier alpha value is -4.45. The number of alkyl carbamates (subject to hydrolysis) is 1. The molecule has 2 bridgehead atoms. The van der Waals surface area contributed by atoms with Gasteiger partial charge in [-0.1, -0.05) is 48.1 Å². The first kappa shape index (κ1) is 40.3. The highest BCUT2D eigenvalue weighted by atomic mass is 33.1. The summed E-state index contributed by atoms with van der Waals surface area (Å²) in [6, 6.07) is 7.36. The Labute approximate surface area is 310 Å². The second-order valence-corrected chi connectivity index (χ2v) is 16.5. The summed E-state index contributed by atoms with van der Waals surface area (Å²) in [5.41, 5.74) is -0.325. The fraction of sp³-hybridized carbons (Fsp3) is 0.400. The van der Waals surface area contributed by atoms with Gasteiger partial charge in [0.1, 0.15) is 34.5 Å². The number of aromatic nitrogens is 1. The van der Waals surface area contributed by atoms with Crippen molar-refractivity contribution in [3.8, 4) is 0 Å². The van der Waals surface area contributed by atoms with E-state index in [2.05, 4.69) is 20.9 Å². The molecule has 2 aromatic rings. The molecule has 14 nitrogen and oxygen atoms in total. The lowest BCUT2D eigenvalue weighted by atomic mass is 9.81. The molecule has 1 saturated heterocycles. The number of benzene rings is 1. The van der Waals surface area contributed by atoms with Gasteiger partial charge in [0.05, 0.1) is 21.6 Å². The summed E-state index contributed by atoms with van der Waals surface area (Å²) >= 11 is 1.29. The molecule has 0 radical (unpaired) electrons. The smallest absolute Gasteiger partial charge is 0.408 e. The van der Waals surface area contributed by atoms with Crippen molar-refractivity contribution in [1.82, 2.24) is 20.9 Å². The summed E-state index contributed by atoms with van der Waals surface area (Å²) < 4.78 is 22.3. The van der Waals surface area contributed by atoms with Gasteiger partial charge in [0.2, 0.25) is 16.9 Å². The summed E-state index contributed by atoms with van der Waals surface area (Å²) in [4.78, 5) is 81.4. The lowest BCUT2D eigenvalue weighted by molar-refractivity contribution is -0.150. The van der Waals surface area contributed by atoms with E-state index in [0.717, 1.165) is 5.56 Å². The monoisotopic (exact) mass is 772 g/mol. The molecular weight excluding hydrogens is 733 g/mol. The van der Waals surface area contributed by atoms with Gasteiger partial charge < -0.3 is 30.5 Å². The fourth-order valence-corrected chi connectivity index (χ4v) is 9.97. The predicted molar refractivity (Wildman–Crippen MR) is 196 cm³/mol. The van der Waals surface area contributed by atoms with Crippen molar-refractivity contribution in [3.05, 3.63) is 81.9 Å². The zero-order valence-corrected chi connectivity index (χ0v) is 31.4. The molecule has 1 aromatic heterocycles. The first-order valence-corrected chi connectivity index (χ1v) is 19.6. The van der Waals surface area contributed by atoms with Gasteiger partial charge in [0.15, 0.2) is 11.9 Å². The highest BCUT2D eigenvalue weighted by Crippen LogP contribution is 2.50. The third-order valence-corrected chi connectivity index (χ3v) is 13.4. The average molecular weight is 773 g/mol. The van der Waals surface area contributed by atoms with Gasteiger partial charge in [-0.15, -0.1) is 11.3 Å². The van der Waals surface area contributed by atoms with Crippen molar-refractivity contribution in [1.29, 1.82) is 0 Å². The normalized spacial score (nSPS) is 28.3. The summed E-state index contributed by atoms with van der Waals surface area (Å²) in [5, 5.41) is 20.5. The van der Waals surface area contributed by atoms with Gasteiger partial charge in [-0.25, -0.2) is 14.0 Å². The Morgan fingerprint density at radius 2 is 1.87 bits per heavy atom. The van der Waals surface area contributed by atoms with Crippen molar-refractivity contribution in [2.45, 2.75) is 82.1 Å². The van der Waals surface area contributed by atoms with E-state index >= 15 is 0 Å². The number of amides is 3. The van der Waals surface area contributed by atoms with Crippen molar-refractivity contribution >= 4 is 72.8 Å². The Morgan fingerprint density at radius 3 is 2.56 bits per heavy atom. The van der Waals surface area contributed by atoms with E-state index in [1.165, 1.54) is 43.4 Å². The zero-order valence-electron chi connectivity index (χ0n) is 28.9. The molecule has 1 unspecified atom stereocenters. The number of allylic oxidation sites excluding steroid dienone is 3. The lowest BCUT2D eigenvalue weighted by Gasteiger charge is -2.36. The fourth-order valence-electron chi connectivity index (χ4n) is 5.23. The van der Waals surface area contributed by atoms with Crippen LogP contribution in [0.2, 0.25) is 0 Å². The number of esters is 1. The van der Waals surface area contributed by atoms with Crippen molar-refractivity contribution in [3.63, 3.8) is 0 Å². The molecule has 0 saturated carbocycles. The van der Waals surface area contributed by atoms with Crippen LogP contribution in [-0.4, -0.2) is 78.1 Å². The van der Waals surface area contributed by atoms with Gasteiger partial charge in [0.25, 0.3) is 0 Å². The molecule has 4 rings (SSSR count). The van der Waals surface area contributed by atoms with Crippen LogP contribution in [0, 0.1) is 0 Å². The van der Waals surface area contributed by atoms with E-state index in [4.69, 9.17) is 9.47 Å². The number of ether oxygens (including phenoxy) is 2. The van der Waals surface area contributed by atoms with Crippen LogP contribution in [0.5, 0.6) is 0 Å². The van der Waals surface area contributed by atoms with Gasteiger partial charge in [-0.2, -0.15) is 0 Å². The van der Waals surface area contributed by atoms with E-state index in [9.17, 15) is 38.1 Å².